The highest BCUT2D eigenvalue weighted by atomic mass is 35.5. The van der Waals surface area contributed by atoms with Crippen LogP contribution in [0.5, 0.6) is 0 Å². The Morgan fingerprint density at radius 2 is 2.08 bits per heavy atom. The van der Waals surface area contributed by atoms with Gasteiger partial charge in [-0.05, 0) is 39.3 Å². The van der Waals surface area contributed by atoms with Gasteiger partial charge in [-0.2, -0.15) is 5.10 Å². The summed E-state index contributed by atoms with van der Waals surface area (Å²) in [5.41, 5.74) is 1.39. The molecule has 1 unspecified atom stereocenters. The molecule has 144 valence electrons. The van der Waals surface area contributed by atoms with E-state index in [0.29, 0.717) is 31.1 Å². The zero-order valence-electron chi connectivity index (χ0n) is 15.4. The zero-order valence-corrected chi connectivity index (χ0v) is 16.2. The van der Waals surface area contributed by atoms with E-state index in [2.05, 4.69) is 15.1 Å². The van der Waals surface area contributed by atoms with Gasteiger partial charge >= 0.3 is 5.97 Å². The first-order chi connectivity index (χ1) is 12.4. The van der Waals surface area contributed by atoms with Gasteiger partial charge in [0.2, 0.25) is 5.91 Å². The molecule has 1 amide bonds. The highest BCUT2D eigenvalue weighted by Gasteiger charge is 2.52. The Morgan fingerprint density at radius 1 is 1.38 bits per heavy atom. The lowest BCUT2D eigenvalue weighted by molar-refractivity contribution is -0.145. The molecule has 0 bridgehead atoms. The van der Waals surface area contributed by atoms with Crippen molar-refractivity contribution < 1.29 is 14.7 Å². The molecule has 0 saturated carbocycles. The van der Waals surface area contributed by atoms with Gasteiger partial charge in [0.1, 0.15) is 0 Å². The summed E-state index contributed by atoms with van der Waals surface area (Å²) >= 11 is 6.25. The standard InChI is InChI=1S/C18H27ClN4O3/c1-3-4-15(24)23-9-13(17(25)26)18(11-23)5-7-22(8-6-18)10-14-16(19)12(2)20-21-14/h13H,3-11H2,1-2H3,(H,20,21)(H,25,26). The zero-order chi connectivity index (χ0) is 18.9. The Kier molecular flexibility index (Phi) is 5.58. The fourth-order valence-corrected chi connectivity index (χ4v) is 4.46. The molecule has 1 spiro atoms. The van der Waals surface area contributed by atoms with Crippen LogP contribution in [0, 0.1) is 18.3 Å². The number of piperidine rings is 1. The average molecular weight is 383 g/mol. The van der Waals surface area contributed by atoms with Crippen LogP contribution < -0.4 is 0 Å². The van der Waals surface area contributed by atoms with Crippen molar-refractivity contribution in [2.24, 2.45) is 11.3 Å². The number of aliphatic carboxylic acids is 1. The molecule has 26 heavy (non-hydrogen) atoms. The molecular weight excluding hydrogens is 356 g/mol. The number of H-pyrrole nitrogens is 1. The number of carbonyl (C=O) groups excluding carboxylic acids is 1. The third-order valence-corrected chi connectivity index (χ3v) is 6.43. The molecule has 1 aromatic rings. The molecule has 1 aromatic heterocycles. The number of nitrogens with zero attached hydrogens (tertiary/aromatic N) is 3. The first-order valence-corrected chi connectivity index (χ1v) is 9.66. The SMILES string of the molecule is CCCC(=O)N1CC(C(=O)O)C2(CCN(Cc3n[nH]c(C)c3Cl)CC2)C1. The number of carboxylic acid groups (broad SMARTS) is 1. The van der Waals surface area contributed by atoms with E-state index in [9.17, 15) is 14.7 Å². The third-order valence-electron chi connectivity index (χ3n) is 5.93. The van der Waals surface area contributed by atoms with Crippen molar-refractivity contribution >= 4 is 23.5 Å². The van der Waals surface area contributed by atoms with Crippen LogP contribution in [0.25, 0.3) is 0 Å². The summed E-state index contributed by atoms with van der Waals surface area (Å²) in [6.07, 6.45) is 2.84. The van der Waals surface area contributed by atoms with Crippen LogP contribution in [0.3, 0.4) is 0 Å². The molecule has 3 rings (SSSR count). The van der Waals surface area contributed by atoms with E-state index in [1.807, 2.05) is 13.8 Å². The average Bonchev–Trinajstić information content (AvgIpc) is 3.13. The number of aromatic nitrogens is 2. The smallest absolute Gasteiger partial charge is 0.308 e. The minimum absolute atomic E-state index is 0.0804. The quantitative estimate of drug-likeness (QED) is 0.815. The Bertz CT molecular complexity index is 682. The second-order valence-electron chi connectivity index (χ2n) is 7.66. The Balaban J connectivity index is 1.66. The van der Waals surface area contributed by atoms with Crippen LogP contribution in [0.15, 0.2) is 0 Å². The number of rotatable bonds is 5. The fraction of sp³-hybridized carbons (Fsp3) is 0.722. The molecule has 2 fully saturated rings. The van der Waals surface area contributed by atoms with E-state index in [-0.39, 0.29) is 11.3 Å². The normalized spacial score (nSPS) is 22.9. The second-order valence-corrected chi connectivity index (χ2v) is 8.04. The van der Waals surface area contributed by atoms with Crippen LogP contribution in [0.4, 0.5) is 0 Å². The molecule has 2 aliphatic rings. The highest BCUT2D eigenvalue weighted by molar-refractivity contribution is 6.31. The number of likely N-dealkylation sites (tertiary alicyclic amines) is 2. The molecule has 2 aliphatic heterocycles. The Morgan fingerprint density at radius 3 is 2.62 bits per heavy atom. The number of hydrogen-bond donors (Lipinski definition) is 2. The predicted molar refractivity (Wildman–Crippen MR) is 97.9 cm³/mol. The molecule has 3 heterocycles. The molecule has 2 saturated heterocycles. The van der Waals surface area contributed by atoms with Crippen LogP contribution in [-0.2, 0) is 16.1 Å². The molecule has 0 aliphatic carbocycles. The van der Waals surface area contributed by atoms with E-state index in [4.69, 9.17) is 11.6 Å². The molecular formula is C18H27ClN4O3. The van der Waals surface area contributed by atoms with Gasteiger partial charge in [0, 0.05) is 31.5 Å². The van der Waals surface area contributed by atoms with Gasteiger partial charge in [0.05, 0.1) is 22.3 Å². The number of nitrogens with one attached hydrogen (secondary N) is 1. The Labute approximate surface area is 158 Å². The lowest BCUT2D eigenvalue weighted by atomic mass is 9.71. The van der Waals surface area contributed by atoms with Crippen molar-refractivity contribution in [1.29, 1.82) is 0 Å². The van der Waals surface area contributed by atoms with Gasteiger partial charge in [0.25, 0.3) is 0 Å². The second kappa shape index (κ2) is 7.56. The molecule has 0 aromatic carbocycles. The monoisotopic (exact) mass is 382 g/mol. The summed E-state index contributed by atoms with van der Waals surface area (Å²) in [6, 6.07) is 0. The molecule has 8 heteroatoms. The van der Waals surface area contributed by atoms with Crippen molar-refractivity contribution in [1.82, 2.24) is 20.0 Å². The van der Waals surface area contributed by atoms with E-state index >= 15 is 0 Å². The van der Waals surface area contributed by atoms with E-state index in [1.54, 1.807) is 4.90 Å². The minimum Gasteiger partial charge on any atom is -0.481 e. The predicted octanol–water partition coefficient (Wildman–Crippen LogP) is 2.30. The third kappa shape index (κ3) is 3.60. The van der Waals surface area contributed by atoms with E-state index in [0.717, 1.165) is 43.7 Å². The first kappa shape index (κ1) is 19.2. The van der Waals surface area contributed by atoms with Crippen molar-refractivity contribution in [3.05, 3.63) is 16.4 Å². The Hall–Kier alpha value is -1.60. The highest BCUT2D eigenvalue weighted by Crippen LogP contribution is 2.45. The number of aromatic amines is 1. The van der Waals surface area contributed by atoms with Gasteiger partial charge in [0.15, 0.2) is 0 Å². The van der Waals surface area contributed by atoms with Crippen LogP contribution in [0.2, 0.25) is 5.02 Å². The largest absolute Gasteiger partial charge is 0.481 e. The maximum absolute atomic E-state index is 12.3. The fourth-order valence-electron chi connectivity index (χ4n) is 4.32. The number of aryl methyl sites for hydroxylation is 1. The van der Waals surface area contributed by atoms with E-state index < -0.39 is 11.9 Å². The molecule has 0 radical (unpaired) electrons. The lowest BCUT2D eigenvalue weighted by Gasteiger charge is -2.41. The lowest BCUT2D eigenvalue weighted by Crippen LogP contribution is -2.46. The summed E-state index contributed by atoms with van der Waals surface area (Å²) in [5, 5.41) is 17.5. The molecule has 1 atom stereocenters. The van der Waals surface area contributed by atoms with Gasteiger partial charge in [-0.25, -0.2) is 0 Å². The minimum atomic E-state index is -0.781. The molecule has 2 N–H and O–H groups in total. The van der Waals surface area contributed by atoms with Crippen LogP contribution in [-0.4, -0.2) is 63.2 Å². The van der Waals surface area contributed by atoms with Crippen LogP contribution >= 0.6 is 11.6 Å². The summed E-state index contributed by atoms with van der Waals surface area (Å²) in [7, 11) is 0. The van der Waals surface area contributed by atoms with Crippen molar-refractivity contribution in [2.45, 2.75) is 46.1 Å². The van der Waals surface area contributed by atoms with Crippen LogP contribution in [0.1, 0.15) is 44.0 Å². The van der Waals surface area contributed by atoms with Crippen molar-refractivity contribution in [2.75, 3.05) is 26.2 Å². The maximum atomic E-state index is 12.3. The summed E-state index contributed by atoms with van der Waals surface area (Å²) in [6.45, 7) is 7.03. The summed E-state index contributed by atoms with van der Waals surface area (Å²) < 4.78 is 0. The number of halogens is 1. The maximum Gasteiger partial charge on any atom is 0.308 e. The first-order valence-electron chi connectivity index (χ1n) is 9.28. The van der Waals surface area contributed by atoms with Crippen molar-refractivity contribution in [3.63, 3.8) is 0 Å². The van der Waals surface area contributed by atoms with Gasteiger partial charge in [-0.3, -0.25) is 19.6 Å². The van der Waals surface area contributed by atoms with Gasteiger partial charge in [-0.15, -0.1) is 0 Å². The topological polar surface area (TPSA) is 89.5 Å². The van der Waals surface area contributed by atoms with E-state index in [1.165, 1.54) is 0 Å². The van der Waals surface area contributed by atoms with Gasteiger partial charge < -0.3 is 10.0 Å². The summed E-state index contributed by atoms with van der Waals surface area (Å²) in [5.74, 6) is -1.17. The molecule has 7 nitrogen and oxygen atoms in total. The van der Waals surface area contributed by atoms with Gasteiger partial charge in [-0.1, -0.05) is 18.5 Å². The number of amides is 1. The number of carboxylic acids is 1. The summed E-state index contributed by atoms with van der Waals surface area (Å²) in [4.78, 5) is 28.2. The number of hydrogen-bond acceptors (Lipinski definition) is 4. The number of carbonyl (C=O) groups is 2. The van der Waals surface area contributed by atoms with Crippen molar-refractivity contribution in [3.8, 4) is 0 Å².